The van der Waals surface area contributed by atoms with Crippen LogP contribution in [0.4, 0.5) is 5.69 Å². The van der Waals surface area contributed by atoms with Gasteiger partial charge in [0, 0.05) is 43.9 Å². The summed E-state index contributed by atoms with van der Waals surface area (Å²) in [6, 6.07) is 0.591. The number of carbonyl (C=O) groups is 3. The number of phenols is 1. The number of aliphatic hydroxyl groups excluding tert-OH is 2. The normalized spacial score (nSPS) is 25.2. The minimum absolute atomic E-state index is 0. The van der Waals surface area contributed by atoms with E-state index in [9.17, 15) is 34.8 Å². The summed E-state index contributed by atoms with van der Waals surface area (Å²) in [5.41, 5.74) is 4.05. The van der Waals surface area contributed by atoms with Crippen molar-refractivity contribution in [3.05, 3.63) is 39.7 Å². The van der Waals surface area contributed by atoms with Crippen LogP contribution in [-0.2, 0) is 27.3 Å². The maximum atomic E-state index is 14.0. The minimum atomic E-state index is -2.66. The highest BCUT2D eigenvalue weighted by Gasteiger charge is 2.64. The second kappa shape index (κ2) is 13.4. The first kappa shape index (κ1) is 39.5. The van der Waals surface area contributed by atoms with Crippen molar-refractivity contribution >= 4 is 66.1 Å². The van der Waals surface area contributed by atoms with Crippen LogP contribution in [0.5, 0.6) is 5.75 Å². The Balaban J connectivity index is 0.00000323. The highest BCUT2D eigenvalue weighted by molar-refractivity contribution is 6.24. The number of Topliss-reactive ketones (excluding diaryl/α,β-unsaturated/α-hetero) is 2. The number of anilines is 1. The number of amides is 1. The van der Waals surface area contributed by atoms with Crippen molar-refractivity contribution in [1.29, 1.82) is 0 Å². The third kappa shape index (κ3) is 6.02. The standard InChI is InChI=1S/C30H42N4O7.3ClH/c1-13(29(2,3)4)32-12-15-11-18(35)20-16(22(15)33(5)6)9-14-10-17-23(34(7)8)25(37)21(28(31)40)27(39)30(17,41)26(38)19(14)24(20)36;;;/h11,13-14,17,23,32,35-36,39,41H,9-10,12H2,1-8H3,(H2,31,40);3*1H/t13-,14+,17+,23+,30+;;;/m1.../s1. The number of benzene rings is 1. The number of nitrogens with two attached hydrogens (primary N) is 1. The number of halogens is 3. The number of aromatic hydroxyl groups is 1. The van der Waals surface area contributed by atoms with Crippen LogP contribution in [0, 0.1) is 17.3 Å². The Bertz CT molecular complexity index is 1400. The number of nitrogens with one attached hydrogen (secondary N) is 1. The number of aliphatic hydroxyl groups is 3. The molecule has 1 amide bonds. The first-order valence-electron chi connectivity index (χ1n) is 13.8. The predicted octanol–water partition coefficient (Wildman–Crippen LogP) is 2.82. The molecule has 0 spiro atoms. The van der Waals surface area contributed by atoms with Crippen LogP contribution in [-0.4, -0.2) is 88.7 Å². The lowest BCUT2D eigenvalue weighted by Gasteiger charge is -2.50. The van der Waals surface area contributed by atoms with Gasteiger partial charge in [0.1, 0.15) is 22.8 Å². The SMILES string of the molecule is C[C@@H](NCc1cc(O)c2c(c1N(C)C)C[C@H]1C[C@H]3[C@H](N(C)C)C(=O)C(C(N)=O)=C(O)[C@@]3(O)C(=O)C1=C2O)C(C)(C)C.Cl.Cl.Cl. The largest absolute Gasteiger partial charge is 0.508 e. The summed E-state index contributed by atoms with van der Waals surface area (Å²) < 4.78 is 0. The van der Waals surface area contributed by atoms with Gasteiger partial charge in [0.2, 0.25) is 5.78 Å². The molecule has 0 radical (unpaired) electrons. The van der Waals surface area contributed by atoms with Gasteiger partial charge in [-0.3, -0.25) is 19.3 Å². The molecule has 7 N–H and O–H groups in total. The smallest absolute Gasteiger partial charge is 0.255 e. The summed E-state index contributed by atoms with van der Waals surface area (Å²) in [5.74, 6) is -6.62. The monoisotopic (exact) mass is 678 g/mol. The zero-order valence-corrected chi connectivity index (χ0v) is 28.7. The second-order valence-corrected chi connectivity index (χ2v) is 13.1. The van der Waals surface area contributed by atoms with Gasteiger partial charge < -0.3 is 36.4 Å². The van der Waals surface area contributed by atoms with E-state index in [1.54, 1.807) is 20.2 Å². The predicted molar refractivity (Wildman–Crippen MR) is 176 cm³/mol. The van der Waals surface area contributed by atoms with Gasteiger partial charge in [0.05, 0.1) is 11.6 Å². The number of ketones is 2. The Kier molecular flexibility index (Phi) is 12.1. The molecule has 0 aromatic heterocycles. The number of hydrogen-bond donors (Lipinski definition) is 6. The molecule has 44 heavy (non-hydrogen) atoms. The fourth-order valence-electron chi connectivity index (χ4n) is 6.63. The molecule has 0 heterocycles. The molecule has 14 heteroatoms. The third-order valence-corrected chi connectivity index (χ3v) is 9.12. The van der Waals surface area contributed by atoms with E-state index in [4.69, 9.17) is 5.73 Å². The molecule has 0 unspecified atom stereocenters. The number of carbonyl (C=O) groups excluding carboxylic acids is 3. The van der Waals surface area contributed by atoms with Crippen molar-refractivity contribution in [2.24, 2.45) is 23.0 Å². The molecule has 248 valence electrons. The van der Waals surface area contributed by atoms with Crippen molar-refractivity contribution in [3.63, 3.8) is 0 Å². The lowest BCUT2D eigenvalue weighted by atomic mass is 9.57. The van der Waals surface area contributed by atoms with Crippen molar-refractivity contribution in [2.75, 3.05) is 33.1 Å². The Hall–Kier alpha value is -2.54. The van der Waals surface area contributed by atoms with Crippen LogP contribution < -0.4 is 16.0 Å². The van der Waals surface area contributed by atoms with Gasteiger partial charge >= 0.3 is 0 Å². The maximum absolute atomic E-state index is 14.0. The zero-order chi connectivity index (χ0) is 30.9. The van der Waals surface area contributed by atoms with Gasteiger partial charge in [0.25, 0.3) is 5.91 Å². The molecule has 4 rings (SSSR count). The van der Waals surface area contributed by atoms with Crippen LogP contribution in [0.3, 0.4) is 0 Å². The fourth-order valence-corrected chi connectivity index (χ4v) is 6.63. The number of primary amides is 1. The lowest BCUT2D eigenvalue weighted by molar-refractivity contribution is -0.153. The maximum Gasteiger partial charge on any atom is 0.255 e. The van der Waals surface area contributed by atoms with Gasteiger partial charge in [-0.15, -0.1) is 37.2 Å². The molecule has 3 aliphatic carbocycles. The highest BCUT2D eigenvalue weighted by Crippen LogP contribution is 2.54. The third-order valence-electron chi connectivity index (χ3n) is 9.12. The number of rotatable bonds is 6. The van der Waals surface area contributed by atoms with Crippen molar-refractivity contribution in [2.45, 2.75) is 64.8 Å². The van der Waals surface area contributed by atoms with Gasteiger partial charge in [0.15, 0.2) is 11.4 Å². The van der Waals surface area contributed by atoms with E-state index in [-0.39, 0.29) is 78.4 Å². The number of fused-ring (bicyclic) bond motifs is 3. The molecule has 3 aliphatic rings. The molecule has 1 aromatic rings. The van der Waals surface area contributed by atoms with Crippen molar-refractivity contribution < 1.29 is 34.8 Å². The Morgan fingerprint density at radius 2 is 1.68 bits per heavy atom. The number of phenolic OH excluding ortho intramolecular Hbond substituents is 1. The zero-order valence-electron chi connectivity index (χ0n) is 26.2. The average Bonchev–Trinajstić information content (AvgIpc) is 2.83. The molecule has 11 nitrogen and oxygen atoms in total. The average molecular weight is 680 g/mol. The minimum Gasteiger partial charge on any atom is -0.508 e. The Morgan fingerprint density at radius 1 is 1.11 bits per heavy atom. The molecule has 1 aromatic carbocycles. The van der Waals surface area contributed by atoms with E-state index in [0.717, 1.165) is 11.3 Å². The van der Waals surface area contributed by atoms with Crippen LogP contribution in [0.1, 0.15) is 50.8 Å². The summed E-state index contributed by atoms with van der Waals surface area (Å²) in [4.78, 5) is 42.8. The van der Waals surface area contributed by atoms with Gasteiger partial charge in [-0.05, 0) is 62.4 Å². The van der Waals surface area contributed by atoms with Crippen LogP contribution in [0.15, 0.2) is 23.0 Å². The van der Waals surface area contributed by atoms with Gasteiger partial charge in [-0.25, -0.2) is 0 Å². The molecule has 0 saturated heterocycles. The van der Waals surface area contributed by atoms with E-state index >= 15 is 0 Å². The summed E-state index contributed by atoms with van der Waals surface area (Å²) in [6.07, 6.45) is 0.279. The Labute approximate surface area is 276 Å². The molecular formula is C30H45Cl3N4O7. The molecule has 1 saturated carbocycles. The first-order chi connectivity index (χ1) is 18.8. The highest BCUT2D eigenvalue weighted by atomic mass is 35.5. The topological polar surface area (TPSA) is 177 Å². The van der Waals surface area contributed by atoms with E-state index in [1.807, 2.05) is 19.0 Å². The molecule has 5 atom stereocenters. The van der Waals surface area contributed by atoms with E-state index < -0.39 is 58.0 Å². The summed E-state index contributed by atoms with van der Waals surface area (Å²) in [5, 5.41) is 48.9. The van der Waals surface area contributed by atoms with Crippen LogP contribution in [0.25, 0.3) is 5.76 Å². The summed E-state index contributed by atoms with van der Waals surface area (Å²) in [6.45, 7) is 8.92. The first-order valence-corrected chi connectivity index (χ1v) is 13.8. The number of likely N-dealkylation sites (N-methyl/N-ethyl adjacent to an activating group) is 1. The number of nitrogens with zero attached hydrogens (tertiary/aromatic N) is 2. The molecule has 0 aliphatic heterocycles. The molecular weight excluding hydrogens is 635 g/mol. The lowest BCUT2D eigenvalue weighted by Crippen LogP contribution is -2.65. The fraction of sp³-hybridized carbons (Fsp3) is 0.567. The van der Waals surface area contributed by atoms with E-state index in [2.05, 4.69) is 33.0 Å². The number of hydrogen-bond acceptors (Lipinski definition) is 10. The summed E-state index contributed by atoms with van der Waals surface area (Å²) >= 11 is 0. The van der Waals surface area contributed by atoms with Crippen molar-refractivity contribution in [3.8, 4) is 5.75 Å². The second-order valence-electron chi connectivity index (χ2n) is 13.1. The van der Waals surface area contributed by atoms with E-state index in [1.165, 1.54) is 4.90 Å². The Morgan fingerprint density at radius 3 is 2.16 bits per heavy atom. The van der Waals surface area contributed by atoms with Gasteiger partial charge in [-0.1, -0.05) is 20.8 Å². The van der Waals surface area contributed by atoms with Crippen LogP contribution in [0.2, 0.25) is 0 Å². The quantitative estimate of drug-likeness (QED) is 0.245. The van der Waals surface area contributed by atoms with Gasteiger partial charge in [-0.2, -0.15) is 0 Å². The van der Waals surface area contributed by atoms with E-state index in [0.29, 0.717) is 12.1 Å². The van der Waals surface area contributed by atoms with Crippen LogP contribution >= 0.6 is 37.2 Å². The summed E-state index contributed by atoms with van der Waals surface area (Å²) in [7, 11) is 6.88. The van der Waals surface area contributed by atoms with Crippen molar-refractivity contribution in [1.82, 2.24) is 10.2 Å². The molecule has 0 bridgehead atoms. The molecule has 1 fully saturated rings.